The molecule has 3 aromatic rings. The van der Waals surface area contributed by atoms with Crippen LogP contribution in [0, 0.1) is 6.92 Å². The molecular weight excluding hydrogens is 554 g/mol. The van der Waals surface area contributed by atoms with Crippen LogP contribution in [-0.4, -0.2) is 37.0 Å². The van der Waals surface area contributed by atoms with Gasteiger partial charge >= 0.3 is 6.03 Å². The van der Waals surface area contributed by atoms with E-state index in [0.717, 1.165) is 10.5 Å². The van der Waals surface area contributed by atoms with Gasteiger partial charge in [0.05, 0.1) is 12.3 Å². The summed E-state index contributed by atoms with van der Waals surface area (Å²) in [7, 11) is 0. The first-order chi connectivity index (χ1) is 18.3. The van der Waals surface area contributed by atoms with Crippen LogP contribution in [0.2, 0.25) is 0 Å². The Labute approximate surface area is 227 Å². The summed E-state index contributed by atoms with van der Waals surface area (Å²) in [5.41, 5.74) is 1.94. The smallest absolute Gasteiger partial charge is 0.335 e. The Hall–Kier alpha value is -4.44. The Morgan fingerprint density at radius 2 is 1.76 bits per heavy atom. The van der Waals surface area contributed by atoms with E-state index >= 15 is 0 Å². The molecule has 0 unspecified atom stereocenters. The highest BCUT2D eigenvalue weighted by atomic mass is 79.9. The standard InChI is InChI=1S/C28H24BrN3O6/c1-3-37-21-11-9-20(10-12-21)32-27(35)22(26(34)31-28(32)36)15-18-14-19(29)8-13-24(18)38-16-25(33)30-23-7-5-4-6-17(23)2/h4-15H,3,16H2,1-2H3,(H,30,33)(H,31,34,36)/b22-15+. The minimum atomic E-state index is -0.861. The number of nitrogens with zero attached hydrogens (tertiary/aromatic N) is 1. The summed E-state index contributed by atoms with van der Waals surface area (Å²) in [6, 6.07) is 17.8. The highest BCUT2D eigenvalue weighted by molar-refractivity contribution is 9.10. The zero-order valence-electron chi connectivity index (χ0n) is 20.6. The number of hydrogen-bond acceptors (Lipinski definition) is 6. The molecule has 2 N–H and O–H groups in total. The van der Waals surface area contributed by atoms with Crippen molar-refractivity contribution in [2.75, 3.05) is 23.4 Å². The van der Waals surface area contributed by atoms with Crippen LogP contribution in [0.1, 0.15) is 18.1 Å². The summed E-state index contributed by atoms with van der Waals surface area (Å²) in [6.07, 6.45) is 1.32. The van der Waals surface area contributed by atoms with E-state index < -0.39 is 17.8 Å². The molecule has 3 aromatic carbocycles. The Balaban J connectivity index is 1.57. The Morgan fingerprint density at radius 1 is 1.03 bits per heavy atom. The van der Waals surface area contributed by atoms with Gasteiger partial charge in [0.2, 0.25) is 0 Å². The number of halogens is 1. The average molecular weight is 578 g/mol. The molecule has 4 rings (SSSR count). The fourth-order valence-corrected chi connectivity index (χ4v) is 4.09. The van der Waals surface area contributed by atoms with Crippen molar-refractivity contribution in [3.8, 4) is 11.5 Å². The van der Waals surface area contributed by atoms with Crippen molar-refractivity contribution < 1.29 is 28.7 Å². The van der Waals surface area contributed by atoms with Gasteiger partial charge in [0.15, 0.2) is 6.61 Å². The third kappa shape index (κ3) is 6.09. The van der Waals surface area contributed by atoms with Crippen molar-refractivity contribution >= 4 is 57.1 Å². The van der Waals surface area contributed by atoms with Crippen LogP contribution in [0.5, 0.6) is 11.5 Å². The fraction of sp³-hybridized carbons (Fsp3) is 0.143. The molecule has 1 fully saturated rings. The monoisotopic (exact) mass is 577 g/mol. The lowest BCUT2D eigenvalue weighted by atomic mass is 10.1. The van der Waals surface area contributed by atoms with Gasteiger partial charge in [0.1, 0.15) is 17.1 Å². The van der Waals surface area contributed by atoms with Gasteiger partial charge in [-0.05, 0) is 74.0 Å². The zero-order valence-corrected chi connectivity index (χ0v) is 22.2. The number of aryl methyl sites for hydroxylation is 1. The van der Waals surface area contributed by atoms with E-state index in [2.05, 4.69) is 26.6 Å². The first-order valence-electron chi connectivity index (χ1n) is 11.7. The molecule has 0 aromatic heterocycles. The predicted molar refractivity (Wildman–Crippen MR) is 146 cm³/mol. The van der Waals surface area contributed by atoms with Crippen molar-refractivity contribution in [1.82, 2.24) is 5.32 Å². The maximum absolute atomic E-state index is 13.3. The molecule has 1 aliphatic heterocycles. The van der Waals surface area contributed by atoms with Crippen LogP contribution in [0.3, 0.4) is 0 Å². The Bertz CT molecular complexity index is 1430. The SMILES string of the molecule is CCOc1ccc(N2C(=O)NC(=O)/C(=C\c3cc(Br)ccc3OCC(=O)Nc3ccccc3C)C2=O)cc1. The van der Waals surface area contributed by atoms with E-state index in [-0.39, 0.29) is 29.5 Å². The second kappa shape index (κ2) is 11.7. The second-order valence-electron chi connectivity index (χ2n) is 8.22. The second-order valence-corrected chi connectivity index (χ2v) is 9.13. The number of carbonyl (C=O) groups is 4. The van der Waals surface area contributed by atoms with E-state index in [0.29, 0.717) is 28.1 Å². The molecule has 10 heteroatoms. The summed E-state index contributed by atoms with van der Waals surface area (Å²) in [6.45, 7) is 3.88. The van der Waals surface area contributed by atoms with Crippen molar-refractivity contribution in [2.24, 2.45) is 0 Å². The quantitative estimate of drug-likeness (QED) is 0.292. The van der Waals surface area contributed by atoms with Gasteiger partial charge in [-0.15, -0.1) is 0 Å². The molecule has 0 aliphatic carbocycles. The lowest BCUT2D eigenvalue weighted by Gasteiger charge is -2.26. The number of ether oxygens (including phenoxy) is 2. The first kappa shape index (κ1) is 26.6. The minimum Gasteiger partial charge on any atom is -0.494 e. The molecule has 0 saturated carbocycles. The molecule has 1 aliphatic rings. The van der Waals surface area contributed by atoms with Crippen LogP contribution in [-0.2, 0) is 14.4 Å². The van der Waals surface area contributed by atoms with E-state index in [9.17, 15) is 19.2 Å². The number of para-hydroxylation sites is 1. The fourth-order valence-electron chi connectivity index (χ4n) is 3.71. The van der Waals surface area contributed by atoms with Crippen molar-refractivity contribution in [3.05, 3.63) is 87.9 Å². The summed E-state index contributed by atoms with van der Waals surface area (Å²) in [4.78, 5) is 51.8. The third-order valence-electron chi connectivity index (χ3n) is 5.56. The third-order valence-corrected chi connectivity index (χ3v) is 6.05. The number of barbiturate groups is 1. The van der Waals surface area contributed by atoms with E-state index in [4.69, 9.17) is 9.47 Å². The maximum atomic E-state index is 13.3. The summed E-state index contributed by atoms with van der Waals surface area (Å²) in [5, 5.41) is 4.98. The normalized spacial score (nSPS) is 14.3. The molecule has 1 saturated heterocycles. The Kier molecular flexibility index (Phi) is 8.22. The number of rotatable bonds is 8. The van der Waals surface area contributed by atoms with Gasteiger partial charge in [-0.2, -0.15) is 0 Å². The minimum absolute atomic E-state index is 0.269. The number of anilines is 2. The van der Waals surface area contributed by atoms with Crippen LogP contribution >= 0.6 is 15.9 Å². The summed E-state index contributed by atoms with van der Waals surface area (Å²) >= 11 is 3.38. The highest BCUT2D eigenvalue weighted by Gasteiger charge is 2.37. The van der Waals surface area contributed by atoms with Gasteiger partial charge in [-0.1, -0.05) is 34.1 Å². The molecular formula is C28H24BrN3O6. The summed E-state index contributed by atoms with van der Waals surface area (Å²) in [5.74, 6) is -1.17. The first-order valence-corrected chi connectivity index (χ1v) is 12.5. The van der Waals surface area contributed by atoms with E-state index in [1.807, 2.05) is 32.0 Å². The molecule has 9 nitrogen and oxygen atoms in total. The molecule has 5 amide bonds. The number of urea groups is 1. The number of carbonyl (C=O) groups excluding carboxylic acids is 4. The number of imide groups is 2. The number of hydrogen-bond donors (Lipinski definition) is 2. The maximum Gasteiger partial charge on any atom is 0.335 e. The van der Waals surface area contributed by atoms with Gasteiger partial charge in [-0.3, -0.25) is 19.7 Å². The van der Waals surface area contributed by atoms with Crippen LogP contribution in [0.4, 0.5) is 16.2 Å². The molecule has 194 valence electrons. The number of amides is 5. The van der Waals surface area contributed by atoms with Gasteiger partial charge in [-0.25, -0.2) is 9.69 Å². The van der Waals surface area contributed by atoms with E-state index in [1.165, 1.54) is 6.08 Å². The number of nitrogens with one attached hydrogen (secondary N) is 2. The molecule has 38 heavy (non-hydrogen) atoms. The molecule has 0 bridgehead atoms. The summed E-state index contributed by atoms with van der Waals surface area (Å²) < 4.78 is 11.8. The lowest BCUT2D eigenvalue weighted by Crippen LogP contribution is -2.54. The number of benzene rings is 3. The predicted octanol–water partition coefficient (Wildman–Crippen LogP) is 4.84. The van der Waals surface area contributed by atoms with Gasteiger partial charge < -0.3 is 14.8 Å². The largest absolute Gasteiger partial charge is 0.494 e. The van der Waals surface area contributed by atoms with Crippen molar-refractivity contribution in [1.29, 1.82) is 0 Å². The topological polar surface area (TPSA) is 114 Å². The van der Waals surface area contributed by atoms with Gasteiger partial charge in [0, 0.05) is 15.7 Å². The van der Waals surface area contributed by atoms with Gasteiger partial charge in [0.25, 0.3) is 17.7 Å². The zero-order chi connectivity index (χ0) is 27.2. The average Bonchev–Trinajstić information content (AvgIpc) is 2.88. The molecule has 0 radical (unpaired) electrons. The highest BCUT2D eigenvalue weighted by Crippen LogP contribution is 2.29. The van der Waals surface area contributed by atoms with Crippen LogP contribution in [0.25, 0.3) is 6.08 Å². The Morgan fingerprint density at radius 3 is 2.47 bits per heavy atom. The lowest BCUT2D eigenvalue weighted by molar-refractivity contribution is -0.122. The molecule has 0 spiro atoms. The molecule has 0 atom stereocenters. The van der Waals surface area contributed by atoms with E-state index in [1.54, 1.807) is 48.5 Å². The van der Waals surface area contributed by atoms with Crippen LogP contribution < -0.4 is 25.0 Å². The van der Waals surface area contributed by atoms with Crippen LogP contribution in [0.15, 0.2) is 76.8 Å². The van der Waals surface area contributed by atoms with Crippen molar-refractivity contribution in [2.45, 2.75) is 13.8 Å². The molecule has 1 heterocycles. The van der Waals surface area contributed by atoms with Crippen molar-refractivity contribution in [3.63, 3.8) is 0 Å².